The predicted molar refractivity (Wildman–Crippen MR) is 101 cm³/mol. The Morgan fingerprint density at radius 1 is 1.27 bits per heavy atom. The Bertz CT molecular complexity index is 714. The third-order valence-electron chi connectivity index (χ3n) is 4.47. The van der Waals surface area contributed by atoms with Crippen molar-refractivity contribution in [2.45, 2.75) is 6.04 Å². The number of hydrogen-bond acceptors (Lipinski definition) is 6. The van der Waals surface area contributed by atoms with Crippen LogP contribution in [0.5, 0.6) is 11.5 Å². The minimum absolute atomic E-state index is 0.138. The molecule has 1 aliphatic heterocycles. The summed E-state index contributed by atoms with van der Waals surface area (Å²) in [5, 5.41) is 5.13. The maximum absolute atomic E-state index is 12.8. The monoisotopic (exact) mass is 376 g/mol. The van der Waals surface area contributed by atoms with E-state index in [4.69, 9.17) is 14.2 Å². The van der Waals surface area contributed by atoms with Crippen molar-refractivity contribution in [3.8, 4) is 11.5 Å². The summed E-state index contributed by atoms with van der Waals surface area (Å²) in [7, 11) is 3.13. The SMILES string of the molecule is COc1ccc(OC)c(C(=O)NCC(c2cccs2)N2CCOCC2)c1. The van der Waals surface area contributed by atoms with Crippen molar-refractivity contribution >= 4 is 17.2 Å². The molecule has 1 amide bonds. The van der Waals surface area contributed by atoms with E-state index in [0.29, 0.717) is 23.6 Å². The normalized spacial score (nSPS) is 16.1. The molecule has 26 heavy (non-hydrogen) atoms. The number of benzene rings is 1. The van der Waals surface area contributed by atoms with Gasteiger partial charge in [-0.3, -0.25) is 9.69 Å². The molecular formula is C19H24N2O4S. The standard InChI is InChI=1S/C19H24N2O4S/c1-23-14-5-6-17(24-2)15(12-14)19(22)20-13-16(18-4-3-11-26-18)21-7-9-25-10-8-21/h3-6,11-12,16H,7-10,13H2,1-2H3,(H,20,22). The molecule has 1 unspecified atom stereocenters. The molecule has 2 heterocycles. The Labute approximate surface area is 157 Å². The highest BCUT2D eigenvalue weighted by molar-refractivity contribution is 7.10. The molecule has 0 aliphatic carbocycles. The van der Waals surface area contributed by atoms with Gasteiger partial charge in [0.1, 0.15) is 11.5 Å². The van der Waals surface area contributed by atoms with Gasteiger partial charge in [-0.05, 0) is 29.6 Å². The topological polar surface area (TPSA) is 60.0 Å². The third-order valence-corrected chi connectivity index (χ3v) is 5.44. The summed E-state index contributed by atoms with van der Waals surface area (Å²) in [5.74, 6) is 0.983. The van der Waals surface area contributed by atoms with E-state index < -0.39 is 0 Å². The van der Waals surface area contributed by atoms with E-state index >= 15 is 0 Å². The molecule has 1 aromatic heterocycles. The zero-order valence-corrected chi connectivity index (χ0v) is 15.9. The molecule has 0 radical (unpaired) electrons. The van der Waals surface area contributed by atoms with E-state index in [1.54, 1.807) is 43.8 Å². The van der Waals surface area contributed by atoms with Crippen LogP contribution < -0.4 is 14.8 Å². The molecular weight excluding hydrogens is 352 g/mol. The molecule has 2 aromatic rings. The summed E-state index contributed by atoms with van der Waals surface area (Å²) < 4.78 is 16.0. The second-order valence-corrected chi connectivity index (χ2v) is 6.94. The van der Waals surface area contributed by atoms with Gasteiger partial charge in [0.15, 0.2) is 0 Å². The van der Waals surface area contributed by atoms with E-state index in [1.165, 1.54) is 4.88 Å². The summed E-state index contributed by atoms with van der Waals surface area (Å²) in [4.78, 5) is 16.4. The first-order chi connectivity index (χ1) is 12.7. The van der Waals surface area contributed by atoms with Crippen LogP contribution in [0.25, 0.3) is 0 Å². The van der Waals surface area contributed by atoms with Crippen LogP contribution in [0.2, 0.25) is 0 Å². The van der Waals surface area contributed by atoms with Gasteiger partial charge < -0.3 is 19.5 Å². The average Bonchev–Trinajstić information content (AvgIpc) is 3.22. The van der Waals surface area contributed by atoms with Crippen molar-refractivity contribution in [1.82, 2.24) is 10.2 Å². The van der Waals surface area contributed by atoms with Crippen molar-refractivity contribution in [3.63, 3.8) is 0 Å². The van der Waals surface area contributed by atoms with Gasteiger partial charge >= 0.3 is 0 Å². The molecule has 6 nitrogen and oxygen atoms in total. The number of morpholine rings is 1. The third kappa shape index (κ3) is 4.35. The quantitative estimate of drug-likeness (QED) is 0.805. The fourth-order valence-electron chi connectivity index (χ4n) is 3.06. The van der Waals surface area contributed by atoms with Crippen molar-refractivity contribution in [1.29, 1.82) is 0 Å². The molecule has 0 spiro atoms. The van der Waals surface area contributed by atoms with Crippen LogP contribution in [0.15, 0.2) is 35.7 Å². The summed E-state index contributed by atoms with van der Waals surface area (Å²) in [6.07, 6.45) is 0. The number of nitrogens with one attached hydrogen (secondary N) is 1. The molecule has 1 saturated heterocycles. The molecule has 0 saturated carbocycles. The lowest BCUT2D eigenvalue weighted by Crippen LogP contribution is -2.43. The van der Waals surface area contributed by atoms with Gasteiger partial charge in [-0.15, -0.1) is 11.3 Å². The molecule has 1 atom stereocenters. The fraction of sp³-hybridized carbons (Fsp3) is 0.421. The zero-order chi connectivity index (χ0) is 18.4. The van der Waals surface area contributed by atoms with E-state index in [0.717, 1.165) is 26.3 Å². The number of amides is 1. The second-order valence-electron chi connectivity index (χ2n) is 5.96. The highest BCUT2D eigenvalue weighted by Crippen LogP contribution is 2.27. The maximum atomic E-state index is 12.8. The van der Waals surface area contributed by atoms with Crippen LogP contribution in [0.4, 0.5) is 0 Å². The van der Waals surface area contributed by atoms with Crippen molar-refractivity contribution in [3.05, 3.63) is 46.2 Å². The molecule has 1 aromatic carbocycles. The van der Waals surface area contributed by atoms with E-state index in [1.807, 2.05) is 6.07 Å². The molecule has 1 N–H and O–H groups in total. The number of nitrogens with zero attached hydrogens (tertiary/aromatic N) is 1. The number of hydrogen-bond donors (Lipinski definition) is 1. The van der Waals surface area contributed by atoms with Gasteiger partial charge in [0.05, 0.1) is 39.0 Å². The first-order valence-corrected chi connectivity index (χ1v) is 9.46. The fourth-order valence-corrected chi connectivity index (χ4v) is 3.92. The Balaban J connectivity index is 1.73. The Morgan fingerprint density at radius 2 is 2.08 bits per heavy atom. The second kappa shape index (κ2) is 9.02. The van der Waals surface area contributed by atoms with Crippen LogP contribution >= 0.6 is 11.3 Å². The summed E-state index contributed by atoms with van der Waals surface area (Å²) in [6.45, 7) is 3.70. The smallest absolute Gasteiger partial charge is 0.255 e. The molecule has 3 rings (SSSR count). The number of carbonyl (C=O) groups is 1. The van der Waals surface area contributed by atoms with Crippen LogP contribution in [0, 0.1) is 0 Å². The number of carbonyl (C=O) groups excluding carboxylic acids is 1. The molecule has 7 heteroatoms. The lowest BCUT2D eigenvalue weighted by Gasteiger charge is -2.34. The van der Waals surface area contributed by atoms with Gasteiger partial charge in [0, 0.05) is 24.5 Å². The highest BCUT2D eigenvalue weighted by atomic mass is 32.1. The van der Waals surface area contributed by atoms with Crippen LogP contribution in [-0.2, 0) is 4.74 Å². The predicted octanol–water partition coefficient (Wildman–Crippen LogP) is 2.57. The average molecular weight is 376 g/mol. The molecule has 140 valence electrons. The van der Waals surface area contributed by atoms with Crippen LogP contribution in [-0.4, -0.2) is 57.9 Å². The van der Waals surface area contributed by atoms with Crippen molar-refractivity contribution in [2.75, 3.05) is 47.1 Å². The van der Waals surface area contributed by atoms with E-state index in [-0.39, 0.29) is 11.9 Å². The van der Waals surface area contributed by atoms with Gasteiger partial charge in [0.2, 0.25) is 0 Å². The highest BCUT2D eigenvalue weighted by Gasteiger charge is 2.24. The van der Waals surface area contributed by atoms with Crippen LogP contribution in [0.1, 0.15) is 21.3 Å². The summed E-state index contributed by atoms with van der Waals surface area (Å²) in [5.41, 5.74) is 0.471. The van der Waals surface area contributed by atoms with Gasteiger partial charge in [-0.1, -0.05) is 6.07 Å². The van der Waals surface area contributed by atoms with E-state index in [2.05, 4.69) is 21.7 Å². The number of rotatable bonds is 7. The van der Waals surface area contributed by atoms with Crippen LogP contribution in [0.3, 0.4) is 0 Å². The summed E-state index contributed by atoms with van der Waals surface area (Å²) in [6, 6.07) is 9.51. The first kappa shape index (κ1) is 18.7. The first-order valence-electron chi connectivity index (χ1n) is 8.58. The molecule has 1 aliphatic rings. The molecule has 0 bridgehead atoms. The van der Waals surface area contributed by atoms with Crippen molar-refractivity contribution < 1.29 is 19.0 Å². The Kier molecular flexibility index (Phi) is 6.49. The Hall–Kier alpha value is -2.09. The number of methoxy groups -OCH3 is 2. The minimum atomic E-state index is -0.171. The lowest BCUT2D eigenvalue weighted by atomic mass is 10.1. The Morgan fingerprint density at radius 3 is 2.73 bits per heavy atom. The van der Waals surface area contributed by atoms with Gasteiger partial charge in [-0.2, -0.15) is 0 Å². The minimum Gasteiger partial charge on any atom is -0.497 e. The van der Waals surface area contributed by atoms with E-state index in [9.17, 15) is 4.79 Å². The van der Waals surface area contributed by atoms with Crippen molar-refractivity contribution in [2.24, 2.45) is 0 Å². The van der Waals surface area contributed by atoms with Gasteiger partial charge in [-0.25, -0.2) is 0 Å². The maximum Gasteiger partial charge on any atom is 0.255 e. The largest absolute Gasteiger partial charge is 0.497 e. The molecule has 1 fully saturated rings. The zero-order valence-electron chi connectivity index (χ0n) is 15.1. The number of ether oxygens (including phenoxy) is 3. The number of thiophene rings is 1. The van der Waals surface area contributed by atoms with Gasteiger partial charge in [0.25, 0.3) is 5.91 Å². The lowest BCUT2D eigenvalue weighted by molar-refractivity contribution is 0.0169. The summed E-state index contributed by atoms with van der Waals surface area (Å²) >= 11 is 1.71.